The van der Waals surface area contributed by atoms with Gasteiger partial charge in [-0.2, -0.15) is 4.31 Å². The van der Waals surface area contributed by atoms with Crippen LogP contribution in [0.1, 0.15) is 11.3 Å². The summed E-state index contributed by atoms with van der Waals surface area (Å²) in [5, 5.41) is 7.26. The first-order valence-corrected chi connectivity index (χ1v) is 14.0. The Kier molecular flexibility index (Phi) is 7.97. The minimum absolute atomic E-state index is 0.181. The molecule has 0 spiro atoms. The number of ether oxygens (including phenoxy) is 1. The number of sulfonamides is 1. The highest BCUT2D eigenvalue weighted by Crippen LogP contribution is 2.29. The largest absolute Gasteiger partial charge is 0.492 e. The zero-order valence-electron chi connectivity index (χ0n) is 21.2. The molecule has 0 fully saturated rings. The van der Waals surface area contributed by atoms with Crippen molar-refractivity contribution in [3.63, 3.8) is 0 Å². The molecule has 9 nitrogen and oxygen atoms in total. The normalized spacial score (nSPS) is 16.0. The fourth-order valence-corrected chi connectivity index (χ4v) is 6.15. The van der Waals surface area contributed by atoms with Gasteiger partial charge < -0.3 is 14.1 Å². The number of nitrogens with zero attached hydrogens (tertiary/aromatic N) is 2. The topological polar surface area (TPSA) is 112 Å². The number of hydroxylamine groups is 1. The maximum Gasteiger partial charge on any atom is 0.243 e. The van der Waals surface area contributed by atoms with Crippen molar-refractivity contribution in [1.82, 2.24) is 14.7 Å². The summed E-state index contributed by atoms with van der Waals surface area (Å²) in [6.07, 6.45) is 11.1. The molecule has 3 aromatic rings. The molecule has 1 aliphatic carbocycles. The van der Waals surface area contributed by atoms with Gasteiger partial charge in [0.15, 0.2) is 0 Å². The Morgan fingerprint density at radius 1 is 1.03 bits per heavy atom. The lowest BCUT2D eigenvalue weighted by atomic mass is 10.1. The molecule has 1 amide bonds. The minimum atomic E-state index is -3.57. The van der Waals surface area contributed by atoms with E-state index in [1.54, 1.807) is 18.4 Å². The fourth-order valence-electron chi connectivity index (χ4n) is 4.76. The van der Waals surface area contributed by atoms with E-state index in [-0.39, 0.29) is 13.0 Å². The Hall–Kier alpha value is -4.12. The van der Waals surface area contributed by atoms with Crippen molar-refractivity contribution in [1.29, 1.82) is 0 Å². The van der Waals surface area contributed by atoms with E-state index in [2.05, 4.69) is 29.3 Å². The summed E-state index contributed by atoms with van der Waals surface area (Å²) in [5.41, 5.74) is 6.98. The number of hydrogen-bond donors (Lipinski definition) is 2. The number of allylic oxidation sites excluding steroid dienone is 3. The van der Waals surface area contributed by atoms with E-state index < -0.39 is 10.0 Å². The van der Waals surface area contributed by atoms with Crippen LogP contribution in [0.2, 0.25) is 0 Å². The maximum atomic E-state index is 13.1. The van der Waals surface area contributed by atoms with E-state index in [0.29, 0.717) is 24.5 Å². The Morgan fingerprint density at radius 3 is 2.44 bits per heavy atom. The second kappa shape index (κ2) is 11.7. The zero-order chi connectivity index (χ0) is 27.2. The van der Waals surface area contributed by atoms with Gasteiger partial charge in [0.1, 0.15) is 18.1 Å². The van der Waals surface area contributed by atoms with Crippen LogP contribution in [0, 0.1) is 0 Å². The lowest BCUT2D eigenvalue weighted by molar-refractivity contribution is -0.116. The average Bonchev–Trinajstić information content (AvgIpc) is 3.70. The number of rotatable bonds is 8. The highest BCUT2D eigenvalue weighted by molar-refractivity contribution is 7.89. The van der Waals surface area contributed by atoms with Gasteiger partial charge in [-0.05, 0) is 64.6 Å². The van der Waals surface area contributed by atoms with E-state index in [1.807, 2.05) is 42.5 Å². The Labute approximate surface area is 227 Å². The fraction of sp³-hybridized carbons (Fsp3) is 0.207. The van der Waals surface area contributed by atoms with Crippen molar-refractivity contribution < 1.29 is 27.6 Å². The molecule has 2 aromatic carbocycles. The lowest BCUT2D eigenvalue weighted by Crippen LogP contribution is -2.35. The van der Waals surface area contributed by atoms with Gasteiger partial charge in [-0.25, -0.2) is 13.9 Å². The summed E-state index contributed by atoms with van der Waals surface area (Å²) in [7, 11) is -3.57. The molecular formula is C29H29N3O6S. The standard InChI is InChI=1S/C28H26N2O4S.CH3NO2/c31-35(32,30-14-12-23-13-16-34-28(23)20-30)27-10-6-22(7-11-27)21-4-8-26(9-5-21)33-17-15-29-18-24-2-1-3-25(24)19-29;3-1-2-4/h1-11,13,16,18H,12,14-15,17,19-20H2;1,4H,(H,2,3). The predicted octanol–water partition coefficient (Wildman–Crippen LogP) is 3.89. The van der Waals surface area contributed by atoms with Gasteiger partial charge in [-0.1, -0.05) is 42.5 Å². The quantitative estimate of drug-likeness (QED) is 0.250. The first kappa shape index (κ1) is 26.5. The zero-order valence-corrected chi connectivity index (χ0v) is 22.0. The van der Waals surface area contributed by atoms with E-state index in [9.17, 15) is 8.42 Å². The number of carbonyl (C=O) groups excluding carboxylic acids is 1. The molecule has 10 heteroatoms. The number of benzene rings is 2. The van der Waals surface area contributed by atoms with Crippen molar-refractivity contribution in [2.75, 3.05) is 26.2 Å². The first-order valence-electron chi connectivity index (χ1n) is 12.5. The molecule has 3 aliphatic rings. The van der Waals surface area contributed by atoms with Crippen LogP contribution in [0.5, 0.6) is 5.75 Å². The van der Waals surface area contributed by atoms with Gasteiger partial charge in [0, 0.05) is 19.3 Å². The van der Waals surface area contributed by atoms with Crippen LogP contribution in [-0.2, 0) is 27.8 Å². The van der Waals surface area contributed by atoms with Gasteiger partial charge in [-0.3, -0.25) is 10.0 Å². The SMILES string of the molecule is O=CNO.O=S(=O)(c1ccc(-c2ccc(OCCN3C=C4C=CC=C4C3)cc2)cc1)N1CCc2ccoc2C1. The summed E-state index contributed by atoms with van der Waals surface area (Å²) in [4.78, 5) is 11.4. The third kappa shape index (κ3) is 5.98. The van der Waals surface area contributed by atoms with Crippen molar-refractivity contribution in [3.05, 3.63) is 108 Å². The van der Waals surface area contributed by atoms with Crippen molar-refractivity contribution >= 4 is 16.4 Å². The molecule has 39 heavy (non-hydrogen) atoms. The molecule has 0 saturated heterocycles. The third-order valence-corrected chi connectivity index (χ3v) is 8.67. The van der Waals surface area contributed by atoms with E-state index >= 15 is 0 Å². The molecule has 0 unspecified atom stereocenters. The Bertz CT molecular complexity index is 1510. The summed E-state index contributed by atoms with van der Waals surface area (Å²) < 4.78 is 39.1. The van der Waals surface area contributed by atoms with Crippen molar-refractivity contribution in [3.8, 4) is 16.9 Å². The van der Waals surface area contributed by atoms with Gasteiger partial charge in [0.2, 0.25) is 16.4 Å². The van der Waals surface area contributed by atoms with Crippen LogP contribution >= 0.6 is 0 Å². The summed E-state index contributed by atoms with van der Waals surface area (Å²) in [5.74, 6) is 1.55. The molecule has 2 N–H and O–H groups in total. The molecule has 0 saturated carbocycles. The summed E-state index contributed by atoms with van der Waals surface area (Å²) in [6.45, 7) is 3.13. The smallest absolute Gasteiger partial charge is 0.243 e. The molecular weight excluding hydrogens is 518 g/mol. The van der Waals surface area contributed by atoms with E-state index in [1.165, 1.54) is 20.9 Å². The number of fused-ring (bicyclic) bond motifs is 2. The summed E-state index contributed by atoms with van der Waals surface area (Å²) >= 11 is 0. The van der Waals surface area contributed by atoms with Gasteiger partial charge in [0.05, 0.1) is 24.2 Å². The van der Waals surface area contributed by atoms with E-state index in [0.717, 1.165) is 41.3 Å². The third-order valence-electron chi connectivity index (χ3n) is 6.81. The van der Waals surface area contributed by atoms with Gasteiger partial charge >= 0.3 is 0 Å². The summed E-state index contributed by atoms with van der Waals surface area (Å²) in [6, 6.07) is 16.9. The molecule has 0 bridgehead atoms. The minimum Gasteiger partial charge on any atom is -0.492 e. The van der Waals surface area contributed by atoms with Crippen molar-refractivity contribution in [2.24, 2.45) is 0 Å². The van der Waals surface area contributed by atoms with Crippen molar-refractivity contribution in [2.45, 2.75) is 17.9 Å². The molecule has 3 heterocycles. The molecule has 1 aromatic heterocycles. The van der Waals surface area contributed by atoms with Crippen LogP contribution in [0.3, 0.4) is 0 Å². The van der Waals surface area contributed by atoms with Crippen LogP contribution in [-0.4, -0.2) is 55.5 Å². The molecule has 0 atom stereocenters. The second-order valence-corrected chi connectivity index (χ2v) is 11.1. The van der Waals surface area contributed by atoms with Gasteiger partial charge in [-0.15, -0.1) is 0 Å². The first-order chi connectivity index (χ1) is 19.0. The van der Waals surface area contributed by atoms with Crippen LogP contribution < -0.4 is 10.2 Å². The Balaban J connectivity index is 0.000000723. The second-order valence-electron chi connectivity index (χ2n) is 9.21. The number of nitrogens with one attached hydrogen (secondary N) is 1. The van der Waals surface area contributed by atoms with Crippen LogP contribution in [0.25, 0.3) is 11.1 Å². The lowest BCUT2D eigenvalue weighted by Gasteiger charge is -2.25. The number of amides is 1. The van der Waals surface area contributed by atoms with Crippen LogP contribution in [0.15, 0.2) is 106 Å². The van der Waals surface area contributed by atoms with E-state index in [4.69, 9.17) is 19.2 Å². The number of carbonyl (C=O) groups is 1. The molecule has 6 rings (SSSR count). The highest BCUT2D eigenvalue weighted by Gasteiger charge is 2.29. The monoisotopic (exact) mass is 547 g/mol. The Morgan fingerprint density at radius 2 is 1.74 bits per heavy atom. The number of furan rings is 1. The van der Waals surface area contributed by atoms with Crippen LogP contribution in [0.4, 0.5) is 0 Å². The molecule has 0 radical (unpaired) electrons. The molecule has 2 aliphatic heterocycles. The average molecular weight is 548 g/mol. The molecule has 202 valence electrons. The highest BCUT2D eigenvalue weighted by atomic mass is 32.2. The number of hydrogen-bond acceptors (Lipinski definition) is 7. The predicted molar refractivity (Wildman–Crippen MR) is 145 cm³/mol. The van der Waals surface area contributed by atoms with Gasteiger partial charge in [0.25, 0.3) is 0 Å². The maximum absolute atomic E-state index is 13.1.